The molecular weight excluding hydrogens is 296 g/mol. The van der Waals surface area contributed by atoms with Crippen LogP contribution in [0.15, 0.2) is 18.2 Å². The summed E-state index contributed by atoms with van der Waals surface area (Å²) in [6.07, 6.45) is 3.71. The number of hydrogen-bond acceptors (Lipinski definition) is 2. The molecule has 24 heavy (non-hydrogen) atoms. The first-order valence-electron chi connectivity index (χ1n) is 9.49. The van der Waals surface area contributed by atoms with Crippen molar-refractivity contribution in [2.24, 2.45) is 0 Å². The van der Waals surface area contributed by atoms with Crippen molar-refractivity contribution in [1.29, 1.82) is 0 Å². The van der Waals surface area contributed by atoms with Crippen LogP contribution in [0.25, 0.3) is 10.9 Å². The summed E-state index contributed by atoms with van der Waals surface area (Å²) in [5, 5.41) is 4.91. The van der Waals surface area contributed by atoms with Gasteiger partial charge in [-0.1, -0.05) is 34.1 Å². The van der Waals surface area contributed by atoms with Crippen LogP contribution < -0.4 is 10.1 Å². The van der Waals surface area contributed by atoms with E-state index in [9.17, 15) is 0 Å². The highest BCUT2D eigenvalue weighted by Crippen LogP contribution is 2.30. The lowest BCUT2D eigenvalue weighted by atomic mass is 10.1. The van der Waals surface area contributed by atoms with Crippen molar-refractivity contribution in [2.45, 2.75) is 86.0 Å². The first-order chi connectivity index (χ1) is 11.5. The Kier molecular flexibility index (Phi) is 6.73. The van der Waals surface area contributed by atoms with E-state index >= 15 is 0 Å². The van der Waals surface area contributed by atoms with Crippen LogP contribution in [0.5, 0.6) is 5.75 Å². The van der Waals surface area contributed by atoms with Gasteiger partial charge in [0.15, 0.2) is 0 Å². The quantitative estimate of drug-likeness (QED) is 0.664. The van der Waals surface area contributed by atoms with Gasteiger partial charge >= 0.3 is 0 Å². The fourth-order valence-electron chi connectivity index (χ4n) is 3.05. The molecule has 0 saturated carbocycles. The third kappa shape index (κ3) is 4.32. The highest BCUT2D eigenvalue weighted by molar-refractivity contribution is 5.87. The molecule has 0 bridgehead atoms. The predicted octanol–water partition coefficient (Wildman–Crippen LogP) is 5.43. The Hall–Kier alpha value is -1.48. The van der Waals surface area contributed by atoms with Crippen LogP contribution in [0.3, 0.4) is 0 Å². The van der Waals surface area contributed by atoms with E-state index in [0.29, 0.717) is 6.04 Å². The van der Waals surface area contributed by atoms with Crippen LogP contribution in [-0.4, -0.2) is 16.7 Å². The number of benzene rings is 1. The molecule has 1 atom stereocenters. The molecule has 3 heteroatoms. The molecule has 1 N–H and O–H groups in total. The first kappa shape index (κ1) is 18.9. The zero-order valence-corrected chi connectivity index (χ0v) is 16.3. The van der Waals surface area contributed by atoms with E-state index in [1.807, 2.05) is 0 Å². The largest absolute Gasteiger partial charge is 0.491 e. The molecular formula is C21H34N2O. The van der Waals surface area contributed by atoms with Crippen LogP contribution in [-0.2, 0) is 13.1 Å². The van der Waals surface area contributed by atoms with E-state index < -0.39 is 0 Å². The van der Waals surface area contributed by atoms with E-state index in [0.717, 1.165) is 25.3 Å². The molecule has 2 rings (SSSR count). The lowest BCUT2D eigenvalue weighted by Gasteiger charge is -2.13. The Morgan fingerprint density at radius 2 is 1.92 bits per heavy atom. The highest BCUT2D eigenvalue weighted by Gasteiger charge is 2.15. The lowest BCUT2D eigenvalue weighted by Crippen LogP contribution is -2.22. The third-order valence-electron chi connectivity index (χ3n) is 4.76. The van der Waals surface area contributed by atoms with Crippen molar-refractivity contribution in [3.8, 4) is 5.75 Å². The summed E-state index contributed by atoms with van der Waals surface area (Å²) < 4.78 is 8.53. The molecule has 0 saturated heterocycles. The minimum atomic E-state index is 0.253. The minimum absolute atomic E-state index is 0.253. The van der Waals surface area contributed by atoms with Crippen molar-refractivity contribution in [1.82, 2.24) is 9.88 Å². The van der Waals surface area contributed by atoms with Gasteiger partial charge in [0.2, 0.25) is 0 Å². The number of nitrogens with one attached hydrogen (secondary N) is 1. The monoisotopic (exact) mass is 330 g/mol. The molecule has 0 unspecified atom stereocenters. The van der Waals surface area contributed by atoms with E-state index in [4.69, 9.17) is 4.74 Å². The second-order valence-electron chi connectivity index (χ2n) is 7.12. The number of aryl methyl sites for hydroxylation is 1. The van der Waals surface area contributed by atoms with Gasteiger partial charge < -0.3 is 14.6 Å². The fraction of sp³-hybridized carbons (Fsp3) is 0.619. The van der Waals surface area contributed by atoms with Gasteiger partial charge in [0.05, 0.1) is 6.10 Å². The Balaban J connectivity index is 2.44. The smallest absolute Gasteiger partial charge is 0.120 e. The molecule has 0 aliphatic carbocycles. The molecule has 1 aromatic carbocycles. The summed E-state index contributed by atoms with van der Waals surface area (Å²) in [7, 11) is 0. The van der Waals surface area contributed by atoms with Crippen molar-refractivity contribution in [3.63, 3.8) is 0 Å². The van der Waals surface area contributed by atoms with Crippen LogP contribution in [0.4, 0.5) is 0 Å². The molecule has 2 aromatic rings. The number of nitrogens with zero attached hydrogens (tertiary/aromatic N) is 1. The topological polar surface area (TPSA) is 26.2 Å². The number of unbranched alkanes of at least 4 members (excludes halogenated alkanes) is 1. The fourth-order valence-corrected chi connectivity index (χ4v) is 3.05. The SMILES string of the molecule is CCCCn1c(C)c(CNC(C)C)c2cc(O[C@@H](C)CC)ccc21. The second kappa shape index (κ2) is 8.57. The average Bonchev–Trinajstić information content (AvgIpc) is 2.81. The van der Waals surface area contributed by atoms with E-state index in [2.05, 4.69) is 69.6 Å². The lowest BCUT2D eigenvalue weighted by molar-refractivity contribution is 0.217. The van der Waals surface area contributed by atoms with Gasteiger partial charge in [-0.2, -0.15) is 0 Å². The molecule has 0 spiro atoms. The van der Waals surface area contributed by atoms with Crippen LogP contribution >= 0.6 is 0 Å². The molecule has 1 heterocycles. The van der Waals surface area contributed by atoms with Gasteiger partial charge in [0.1, 0.15) is 5.75 Å². The standard InChI is InChI=1S/C21H34N2O/c1-7-9-12-23-17(6)20(14-22-15(3)4)19-13-18(10-11-21(19)23)24-16(5)8-2/h10-11,13,15-16,22H,7-9,12,14H2,1-6H3/t16-/m0/s1. The number of hydrogen-bond donors (Lipinski definition) is 1. The molecule has 0 amide bonds. The zero-order chi connectivity index (χ0) is 17.7. The average molecular weight is 331 g/mol. The first-order valence-corrected chi connectivity index (χ1v) is 9.49. The van der Waals surface area contributed by atoms with E-state index in [1.54, 1.807) is 0 Å². The Labute approximate surface area is 147 Å². The third-order valence-corrected chi connectivity index (χ3v) is 4.76. The maximum absolute atomic E-state index is 6.05. The zero-order valence-electron chi connectivity index (χ0n) is 16.3. The molecule has 0 radical (unpaired) electrons. The Bertz CT molecular complexity index is 657. The summed E-state index contributed by atoms with van der Waals surface area (Å²) in [5.41, 5.74) is 4.12. The summed E-state index contributed by atoms with van der Waals surface area (Å²) in [6.45, 7) is 15.2. The molecule has 3 nitrogen and oxygen atoms in total. The number of aromatic nitrogens is 1. The highest BCUT2D eigenvalue weighted by atomic mass is 16.5. The van der Waals surface area contributed by atoms with Gasteiger partial charge in [-0.05, 0) is 50.5 Å². The molecule has 0 fully saturated rings. The second-order valence-corrected chi connectivity index (χ2v) is 7.12. The van der Waals surface area contributed by atoms with E-state index in [1.165, 1.54) is 35.0 Å². The van der Waals surface area contributed by atoms with Crippen molar-refractivity contribution < 1.29 is 4.74 Å². The molecule has 0 aliphatic heterocycles. The summed E-state index contributed by atoms with van der Waals surface area (Å²) in [4.78, 5) is 0. The van der Waals surface area contributed by atoms with Crippen LogP contribution in [0, 0.1) is 6.92 Å². The van der Waals surface area contributed by atoms with Gasteiger partial charge in [0, 0.05) is 35.7 Å². The van der Waals surface area contributed by atoms with Gasteiger partial charge in [-0.25, -0.2) is 0 Å². The minimum Gasteiger partial charge on any atom is -0.491 e. The normalized spacial score (nSPS) is 13.0. The maximum Gasteiger partial charge on any atom is 0.120 e. The van der Waals surface area contributed by atoms with Crippen molar-refractivity contribution in [2.75, 3.05) is 0 Å². The van der Waals surface area contributed by atoms with E-state index in [-0.39, 0.29) is 6.10 Å². The molecule has 134 valence electrons. The van der Waals surface area contributed by atoms with Crippen molar-refractivity contribution in [3.05, 3.63) is 29.5 Å². The van der Waals surface area contributed by atoms with Crippen LogP contribution in [0.1, 0.15) is 65.1 Å². The van der Waals surface area contributed by atoms with Crippen molar-refractivity contribution >= 4 is 10.9 Å². The van der Waals surface area contributed by atoms with Gasteiger partial charge in [-0.3, -0.25) is 0 Å². The van der Waals surface area contributed by atoms with Gasteiger partial charge in [-0.15, -0.1) is 0 Å². The van der Waals surface area contributed by atoms with Gasteiger partial charge in [0.25, 0.3) is 0 Å². The summed E-state index contributed by atoms with van der Waals surface area (Å²) in [6, 6.07) is 7.07. The summed E-state index contributed by atoms with van der Waals surface area (Å²) in [5.74, 6) is 0.982. The number of rotatable bonds is 9. The summed E-state index contributed by atoms with van der Waals surface area (Å²) >= 11 is 0. The Morgan fingerprint density at radius 3 is 2.54 bits per heavy atom. The molecule has 0 aliphatic rings. The predicted molar refractivity (Wildman–Crippen MR) is 104 cm³/mol. The Morgan fingerprint density at radius 1 is 1.17 bits per heavy atom. The maximum atomic E-state index is 6.05. The molecule has 1 aromatic heterocycles. The van der Waals surface area contributed by atoms with Crippen LogP contribution in [0.2, 0.25) is 0 Å². The number of fused-ring (bicyclic) bond motifs is 1. The number of ether oxygens (including phenoxy) is 1.